The summed E-state index contributed by atoms with van der Waals surface area (Å²) >= 11 is 0. The van der Waals surface area contributed by atoms with Crippen molar-refractivity contribution < 1.29 is 13.2 Å². The quantitative estimate of drug-likeness (QED) is 0.639. The normalized spacial score (nSPS) is 13.7. The maximum Gasteiger partial charge on any atom is 0.416 e. The van der Waals surface area contributed by atoms with Crippen LogP contribution in [0, 0.1) is 6.92 Å². The third-order valence-corrected chi connectivity index (χ3v) is 4.26. The highest BCUT2D eigenvalue weighted by Crippen LogP contribution is 2.34. The zero-order valence-corrected chi connectivity index (χ0v) is 13.4. The van der Waals surface area contributed by atoms with Gasteiger partial charge in [0.2, 0.25) is 0 Å². The van der Waals surface area contributed by atoms with Crippen molar-refractivity contribution in [3.05, 3.63) is 82.9 Å². The van der Waals surface area contributed by atoms with Gasteiger partial charge in [0.1, 0.15) is 5.82 Å². The summed E-state index contributed by atoms with van der Waals surface area (Å²) in [6.07, 6.45) is -2.70. The highest BCUT2D eigenvalue weighted by molar-refractivity contribution is 6.15. The molecule has 0 N–H and O–H groups in total. The van der Waals surface area contributed by atoms with E-state index in [1.165, 1.54) is 12.1 Å². The third kappa shape index (κ3) is 2.63. The summed E-state index contributed by atoms with van der Waals surface area (Å²) in [4.78, 5) is 8.93. The standard InChI is InChI=1S/C19H14F3N3/c1-12-10-23-17-11-24-18(13-5-3-2-4-6-13)15-9-14(19(20,21)22)7-8-16(15)25(12)17/h2-10H,11H2,1H3. The van der Waals surface area contributed by atoms with Crippen LogP contribution in [0.1, 0.15) is 28.2 Å². The van der Waals surface area contributed by atoms with E-state index in [-0.39, 0.29) is 0 Å². The molecule has 0 unspecified atom stereocenters. The van der Waals surface area contributed by atoms with Crippen LogP contribution in [-0.2, 0) is 12.7 Å². The fourth-order valence-electron chi connectivity index (χ4n) is 3.10. The summed E-state index contributed by atoms with van der Waals surface area (Å²) in [6, 6.07) is 13.0. The maximum absolute atomic E-state index is 13.2. The van der Waals surface area contributed by atoms with Gasteiger partial charge in [-0.05, 0) is 25.1 Å². The summed E-state index contributed by atoms with van der Waals surface area (Å²) in [5.74, 6) is 0.712. The molecule has 3 aromatic rings. The van der Waals surface area contributed by atoms with Gasteiger partial charge in [0, 0.05) is 23.0 Å². The number of aromatic nitrogens is 2. The van der Waals surface area contributed by atoms with Crippen molar-refractivity contribution in [2.45, 2.75) is 19.6 Å². The summed E-state index contributed by atoms with van der Waals surface area (Å²) in [7, 11) is 0. The summed E-state index contributed by atoms with van der Waals surface area (Å²) in [5, 5.41) is 0. The molecule has 4 rings (SSSR count). The molecule has 1 aliphatic rings. The highest BCUT2D eigenvalue weighted by atomic mass is 19.4. The molecule has 0 fully saturated rings. The van der Waals surface area contributed by atoms with Gasteiger partial charge >= 0.3 is 6.18 Å². The van der Waals surface area contributed by atoms with Crippen LogP contribution in [-0.4, -0.2) is 15.3 Å². The molecule has 1 aliphatic heterocycles. The first kappa shape index (κ1) is 15.6. The molecule has 0 aliphatic carbocycles. The number of aryl methyl sites for hydroxylation is 1. The number of benzene rings is 2. The van der Waals surface area contributed by atoms with Gasteiger partial charge in [0.25, 0.3) is 0 Å². The van der Waals surface area contributed by atoms with Crippen LogP contribution in [0.2, 0.25) is 0 Å². The molecule has 2 heterocycles. The largest absolute Gasteiger partial charge is 0.416 e. The molecule has 0 bridgehead atoms. The molecular formula is C19H14F3N3. The first-order valence-electron chi connectivity index (χ1n) is 7.80. The molecular weight excluding hydrogens is 327 g/mol. The molecule has 0 amide bonds. The number of halogens is 3. The van der Waals surface area contributed by atoms with Crippen molar-refractivity contribution >= 4 is 5.71 Å². The number of nitrogens with zero attached hydrogens (tertiary/aromatic N) is 3. The van der Waals surface area contributed by atoms with Gasteiger partial charge < -0.3 is 0 Å². The number of hydrogen-bond acceptors (Lipinski definition) is 2. The Labute approximate surface area is 142 Å². The van der Waals surface area contributed by atoms with Crippen LogP contribution in [0.3, 0.4) is 0 Å². The van der Waals surface area contributed by atoms with Crippen LogP contribution in [0.15, 0.2) is 59.7 Å². The van der Waals surface area contributed by atoms with Gasteiger partial charge in [-0.25, -0.2) is 4.98 Å². The minimum absolute atomic E-state index is 0.314. The average Bonchev–Trinajstić information content (AvgIpc) is 2.87. The van der Waals surface area contributed by atoms with E-state index in [0.717, 1.165) is 17.3 Å². The molecule has 0 saturated carbocycles. The Balaban J connectivity index is 2.01. The van der Waals surface area contributed by atoms with E-state index in [4.69, 9.17) is 0 Å². The number of fused-ring (bicyclic) bond motifs is 3. The number of alkyl halides is 3. The monoisotopic (exact) mass is 341 g/mol. The second kappa shape index (κ2) is 5.58. The smallest absolute Gasteiger partial charge is 0.299 e. The molecule has 6 heteroatoms. The van der Waals surface area contributed by atoms with Gasteiger partial charge in [-0.15, -0.1) is 0 Å². The number of hydrogen-bond donors (Lipinski definition) is 0. The zero-order valence-electron chi connectivity index (χ0n) is 13.4. The van der Waals surface area contributed by atoms with Crippen molar-refractivity contribution in [2.75, 3.05) is 0 Å². The van der Waals surface area contributed by atoms with Crippen LogP contribution in [0.25, 0.3) is 5.69 Å². The van der Waals surface area contributed by atoms with Crippen molar-refractivity contribution in [2.24, 2.45) is 4.99 Å². The molecule has 126 valence electrons. The topological polar surface area (TPSA) is 30.2 Å². The number of imidazole rings is 1. The second-order valence-corrected chi connectivity index (χ2v) is 5.91. The van der Waals surface area contributed by atoms with Crippen molar-refractivity contribution in [3.8, 4) is 5.69 Å². The van der Waals surface area contributed by atoms with E-state index in [0.29, 0.717) is 29.3 Å². The fraction of sp³-hybridized carbons (Fsp3) is 0.158. The van der Waals surface area contributed by atoms with E-state index in [1.54, 1.807) is 6.20 Å². The third-order valence-electron chi connectivity index (χ3n) is 4.26. The minimum Gasteiger partial charge on any atom is -0.299 e. The van der Waals surface area contributed by atoms with Crippen LogP contribution in [0.5, 0.6) is 0 Å². The molecule has 0 atom stereocenters. The molecule has 0 radical (unpaired) electrons. The minimum atomic E-state index is -4.41. The Bertz CT molecular complexity index is 969. The SMILES string of the molecule is Cc1cnc2n1-c1ccc(C(F)(F)F)cc1C(c1ccccc1)=NC2. The van der Waals surface area contributed by atoms with Crippen molar-refractivity contribution in [1.29, 1.82) is 0 Å². The summed E-state index contributed by atoms with van der Waals surface area (Å²) in [5.41, 5.74) is 2.63. The van der Waals surface area contributed by atoms with E-state index in [1.807, 2.05) is 41.8 Å². The molecule has 1 aromatic heterocycles. The number of rotatable bonds is 1. The first-order valence-corrected chi connectivity index (χ1v) is 7.80. The first-order chi connectivity index (χ1) is 11.9. The summed E-state index contributed by atoms with van der Waals surface area (Å²) in [6.45, 7) is 2.19. The lowest BCUT2D eigenvalue weighted by Gasteiger charge is -2.16. The van der Waals surface area contributed by atoms with Crippen LogP contribution < -0.4 is 0 Å². The van der Waals surface area contributed by atoms with Crippen LogP contribution >= 0.6 is 0 Å². The Kier molecular flexibility index (Phi) is 3.49. The lowest BCUT2D eigenvalue weighted by molar-refractivity contribution is -0.137. The Morgan fingerprint density at radius 2 is 1.80 bits per heavy atom. The van der Waals surface area contributed by atoms with Crippen molar-refractivity contribution in [3.63, 3.8) is 0 Å². The molecule has 0 saturated heterocycles. The lowest BCUT2D eigenvalue weighted by Crippen LogP contribution is -2.12. The van der Waals surface area contributed by atoms with Gasteiger partial charge in [-0.1, -0.05) is 30.3 Å². The van der Waals surface area contributed by atoms with E-state index in [2.05, 4.69) is 9.98 Å². The Hall–Kier alpha value is -2.89. The lowest BCUT2D eigenvalue weighted by atomic mass is 9.98. The predicted molar refractivity (Wildman–Crippen MR) is 89.1 cm³/mol. The van der Waals surface area contributed by atoms with Gasteiger partial charge in [0.05, 0.1) is 23.5 Å². The van der Waals surface area contributed by atoms with Crippen LogP contribution in [0.4, 0.5) is 13.2 Å². The number of aliphatic imine (C=N–C) groups is 1. The zero-order chi connectivity index (χ0) is 17.6. The summed E-state index contributed by atoms with van der Waals surface area (Å²) < 4.78 is 41.6. The van der Waals surface area contributed by atoms with E-state index >= 15 is 0 Å². The Morgan fingerprint density at radius 1 is 1.04 bits per heavy atom. The molecule has 3 nitrogen and oxygen atoms in total. The van der Waals surface area contributed by atoms with Crippen molar-refractivity contribution in [1.82, 2.24) is 9.55 Å². The molecule has 25 heavy (non-hydrogen) atoms. The molecule has 2 aromatic carbocycles. The fourth-order valence-corrected chi connectivity index (χ4v) is 3.10. The predicted octanol–water partition coefficient (Wildman–Crippen LogP) is 4.55. The van der Waals surface area contributed by atoms with Gasteiger partial charge in [-0.3, -0.25) is 9.56 Å². The van der Waals surface area contributed by atoms with Gasteiger partial charge in [-0.2, -0.15) is 13.2 Å². The van der Waals surface area contributed by atoms with E-state index < -0.39 is 11.7 Å². The Morgan fingerprint density at radius 3 is 2.52 bits per heavy atom. The average molecular weight is 341 g/mol. The van der Waals surface area contributed by atoms with E-state index in [9.17, 15) is 13.2 Å². The maximum atomic E-state index is 13.2. The second-order valence-electron chi connectivity index (χ2n) is 5.91. The van der Waals surface area contributed by atoms with Gasteiger partial charge in [0.15, 0.2) is 0 Å². The highest BCUT2D eigenvalue weighted by Gasteiger charge is 2.32. The molecule has 0 spiro atoms.